The lowest BCUT2D eigenvalue weighted by molar-refractivity contribution is 0.447. The van der Waals surface area contributed by atoms with Crippen LogP contribution in [0.15, 0.2) is 38.2 Å². The molecule has 2 heterocycles. The summed E-state index contributed by atoms with van der Waals surface area (Å²) in [5.74, 6) is 1.17. The van der Waals surface area contributed by atoms with E-state index in [0.717, 1.165) is 23.8 Å². The number of thiophene rings is 2. The van der Waals surface area contributed by atoms with Crippen LogP contribution >= 0.6 is 22.7 Å². The van der Waals surface area contributed by atoms with Crippen molar-refractivity contribution in [3.05, 3.63) is 39.4 Å². The third-order valence-electron chi connectivity index (χ3n) is 4.51. The van der Waals surface area contributed by atoms with Crippen LogP contribution in [0.5, 0.6) is 0 Å². The van der Waals surface area contributed by atoms with Gasteiger partial charge in [-0.2, -0.15) is 15.6 Å². The first-order valence-corrected chi connectivity index (χ1v) is 12.7. The molecule has 1 unspecified atom stereocenters. The first-order chi connectivity index (χ1) is 13.4. The Balaban J connectivity index is 1.83. The van der Waals surface area contributed by atoms with Crippen LogP contribution in [0.1, 0.15) is 37.1 Å². The Morgan fingerprint density at radius 3 is 2.57 bits per heavy atom. The third kappa shape index (κ3) is 6.04. The van der Waals surface area contributed by atoms with Crippen LogP contribution in [0.2, 0.25) is 0 Å². The molecule has 2 aromatic rings. The van der Waals surface area contributed by atoms with E-state index in [1.54, 1.807) is 24.5 Å². The number of nitrogens with zero attached hydrogens (tertiary/aromatic N) is 2. The fourth-order valence-corrected chi connectivity index (χ4v) is 6.52. The zero-order chi connectivity index (χ0) is 20.6. The normalized spacial score (nSPS) is 13.7. The minimum Gasteiger partial charge on any atom is -0.356 e. The summed E-state index contributed by atoms with van der Waals surface area (Å²) < 4.78 is 27.1. The minimum absolute atomic E-state index is 0.412. The summed E-state index contributed by atoms with van der Waals surface area (Å²) in [6.07, 6.45) is 0.749. The second kappa shape index (κ2) is 10.9. The van der Waals surface area contributed by atoms with Crippen molar-refractivity contribution < 1.29 is 8.42 Å². The molecule has 2 aromatic heterocycles. The van der Waals surface area contributed by atoms with Gasteiger partial charge >= 0.3 is 0 Å². The highest BCUT2D eigenvalue weighted by Gasteiger charge is 2.23. The van der Waals surface area contributed by atoms with E-state index in [2.05, 4.69) is 39.4 Å². The first-order valence-electron chi connectivity index (χ1n) is 9.47. The van der Waals surface area contributed by atoms with Gasteiger partial charge in [-0.05, 0) is 46.9 Å². The molecule has 156 valence electrons. The molecule has 0 saturated carbocycles. The van der Waals surface area contributed by atoms with Crippen LogP contribution in [-0.2, 0) is 16.4 Å². The summed E-state index contributed by atoms with van der Waals surface area (Å²) in [7, 11) is -1.62. The molecule has 2 rings (SSSR count). The molecule has 0 fully saturated rings. The Bertz CT molecular complexity index is 840. The monoisotopic (exact) mass is 442 g/mol. The molecule has 2 N–H and O–H groups in total. The van der Waals surface area contributed by atoms with Gasteiger partial charge in [-0.1, -0.05) is 20.8 Å². The first kappa shape index (κ1) is 22.9. The second-order valence-corrected chi connectivity index (χ2v) is 10.5. The van der Waals surface area contributed by atoms with Gasteiger partial charge in [0.1, 0.15) is 4.21 Å². The molecule has 0 aliphatic rings. The minimum atomic E-state index is -3.37. The topological polar surface area (TPSA) is 73.8 Å². The Labute approximate surface area is 176 Å². The SMILES string of the molecule is CCN(CC)S(=O)(=O)c1ccc(CCNC(=NC)NCC(C)c2ccsc2)s1. The van der Waals surface area contributed by atoms with E-state index in [-0.39, 0.29) is 0 Å². The number of hydrogen-bond donors (Lipinski definition) is 2. The van der Waals surface area contributed by atoms with Crippen molar-refractivity contribution in [2.75, 3.05) is 33.2 Å². The van der Waals surface area contributed by atoms with Crippen molar-refractivity contribution in [1.82, 2.24) is 14.9 Å². The van der Waals surface area contributed by atoms with E-state index in [1.165, 1.54) is 21.2 Å². The van der Waals surface area contributed by atoms with Crippen LogP contribution in [-0.4, -0.2) is 51.9 Å². The van der Waals surface area contributed by atoms with Crippen molar-refractivity contribution >= 4 is 38.7 Å². The molecular weight excluding hydrogens is 412 g/mol. The quantitative estimate of drug-likeness (QED) is 0.437. The van der Waals surface area contributed by atoms with Crippen molar-refractivity contribution in [3.63, 3.8) is 0 Å². The molecule has 0 amide bonds. The van der Waals surface area contributed by atoms with Crippen LogP contribution < -0.4 is 10.6 Å². The Kier molecular flexibility index (Phi) is 8.94. The number of aliphatic imine (C=N–C) groups is 1. The molecule has 6 nitrogen and oxygen atoms in total. The average molecular weight is 443 g/mol. The summed E-state index contributed by atoms with van der Waals surface area (Å²) in [5.41, 5.74) is 1.33. The third-order valence-corrected chi connectivity index (χ3v) is 8.88. The molecule has 0 radical (unpaired) electrons. The predicted molar refractivity (Wildman–Crippen MR) is 120 cm³/mol. The van der Waals surface area contributed by atoms with Gasteiger partial charge in [0.2, 0.25) is 0 Å². The van der Waals surface area contributed by atoms with Gasteiger partial charge in [-0.15, -0.1) is 11.3 Å². The second-order valence-electron chi connectivity index (χ2n) is 6.40. The predicted octanol–water partition coefficient (Wildman–Crippen LogP) is 3.35. The largest absolute Gasteiger partial charge is 0.356 e. The van der Waals surface area contributed by atoms with Crippen molar-refractivity contribution in [2.24, 2.45) is 4.99 Å². The maximum atomic E-state index is 12.6. The fraction of sp³-hybridized carbons (Fsp3) is 0.526. The molecule has 9 heteroatoms. The van der Waals surface area contributed by atoms with E-state index >= 15 is 0 Å². The highest BCUT2D eigenvalue weighted by molar-refractivity contribution is 7.91. The average Bonchev–Trinajstić information content (AvgIpc) is 3.37. The lowest BCUT2D eigenvalue weighted by atomic mass is 10.1. The highest BCUT2D eigenvalue weighted by Crippen LogP contribution is 2.25. The van der Waals surface area contributed by atoms with Gasteiger partial charge < -0.3 is 10.6 Å². The van der Waals surface area contributed by atoms with Crippen molar-refractivity contribution in [1.29, 1.82) is 0 Å². The Morgan fingerprint density at radius 1 is 1.21 bits per heavy atom. The summed E-state index contributed by atoms with van der Waals surface area (Å²) in [6.45, 7) is 8.37. The summed E-state index contributed by atoms with van der Waals surface area (Å²) in [5, 5.41) is 10.9. The van der Waals surface area contributed by atoms with Crippen molar-refractivity contribution in [2.45, 2.75) is 37.3 Å². The van der Waals surface area contributed by atoms with E-state index in [4.69, 9.17) is 0 Å². The summed E-state index contributed by atoms with van der Waals surface area (Å²) in [4.78, 5) is 5.30. The summed E-state index contributed by atoms with van der Waals surface area (Å²) in [6, 6.07) is 5.76. The Morgan fingerprint density at radius 2 is 1.96 bits per heavy atom. The van der Waals surface area contributed by atoms with E-state index in [1.807, 2.05) is 19.9 Å². The van der Waals surface area contributed by atoms with Gasteiger partial charge in [0.25, 0.3) is 10.0 Å². The number of rotatable bonds is 10. The van der Waals surface area contributed by atoms with Crippen LogP contribution in [0.3, 0.4) is 0 Å². The van der Waals surface area contributed by atoms with Crippen LogP contribution in [0.4, 0.5) is 0 Å². The molecule has 0 spiro atoms. The van der Waals surface area contributed by atoms with Gasteiger partial charge in [0.15, 0.2) is 5.96 Å². The lowest BCUT2D eigenvalue weighted by Gasteiger charge is -2.16. The number of hydrogen-bond acceptors (Lipinski definition) is 5. The fourth-order valence-electron chi connectivity index (χ4n) is 2.77. The van der Waals surface area contributed by atoms with Gasteiger partial charge in [0.05, 0.1) is 0 Å². The van der Waals surface area contributed by atoms with E-state index in [0.29, 0.717) is 29.8 Å². The Hall–Kier alpha value is -1.42. The number of nitrogens with one attached hydrogen (secondary N) is 2. The highest BCUT2D eigenvalue weighted by atomic mass is 32.2. The smallest absolute Gasteiger partial charge is 0.252 e. The van der Waals surface area contributed by atoms with Gasteiger partial charge in [-0.25, -0.2) is 8.42 Å². The number of sulfonamides is 1. The molecule has 0 bridgehead atoms. The molecule has 1 atom stereocenters. The molecule has 0 aromatic carbocycles. The zero-order valence-electron chi connectivity index (χ0n) is 16.9. The lowest BCUT2D eigenvalue weighted by Crippen LogP contribution is -2.39. The van der Waals surface area contributed by atoms with Gasteiger partial charge in [-0.3, -0.25) is 4.99 Å². The molecule has 0 saturated heterocycles. The molecule has 0 aliphatic carbocycles. The van der Waals surface area contributed by atoms with E-state index < -0.39 is 10.0 Å². The summed E-state index contributed by atoms with van der Waals surface area (Å²) >= 11 is 3.06. The van der Waals surface area contributed by atoms with Crippen molar-refractivity contribution in [3.8, 4) is 0 Å². The van der Waals surface area contributed by atoms with Gasteiger partial charge in [0, 0.05) is 38.1 Å². The van der Waals surface area contributed by atoms with Crippen LogP contribution in [0.25, 0.3) is 0 Å². The molecule has 0 aliphatic heterocycles. The van der Waals surface area contributed by atoms with Crippen LogP contribution in [0, 0.1) is 0 Å². The molecular formula is C19H30N4O2S3. The maximum Gasteiger partial charge on any atom is 0.252 e. The maximum absolute atomic E-state index is 12.6. The zero-order valence-corrected chi connectivity index (χ0v) is 19.4. The number of guanidine groups is 1. The van der Waals surface area contributed by atoms with E-state index in [9.17, 15) is 8.42 Å². The standard InChI is InChI=1S/C19H30N4O2S3/c1-5-23(6-2)28(24,25)18-8-7-17(27-18)9-11-21-19(20-4)22-13-15(3)16-10-12-26-14-16/h7-8,10,12,14-15H,5-6,9,11,13H2,1-4H3,(H2,20,21,22). The molecule has 28 heavy (non-hydrogen) atoms.